The zero-order chi connectivity index (χ0) is 16.9. The fourth-order valence-corrected chi connectivity index (χ4v) is 3.25. The monoisotopic (exact) mass is 331 g/mol. The molecule has 6 heteroatoms. The third-order valence-electron chi connectivity index (χ3n) is 4.70. The molecular formula is C18H25N3O3. The average Bonchev–Trinajstić information content (AvgIpc) is 3.10. The van der Waals surface area contributed by atoms with Crippen LogP contribution < -0.4 is 16.0 Å². The van der Waals surface area contributed by atoms with Crippen LogP contribution in [0.4, 0.5) is 5.69 Å². The molecule has 2 fully saturated rings. The van der Waals surface area contributed by atoms with E-state index in [4.69, 9.17) is 10.5 Å². The van der Waals surface area contributed by atoms with Crippen LogP contribution in [0.3, 0.4) is 0 Å². The highest BCUT2D eigenvalue weighted by atomic mass is 16.5. The molecule has 2 aliphatic heterocycles. The molecular weight excluding hydrogens is 306 g/mol. The van der Waals surface area contributed by atoms with Gasteiger partial charge in [-0.15, -0.1) is 0 Å². The standard InChI is InChI=1S/C18H25N3O3/c19-11-15-8-9-16(24-15)18(23)20-12-13-4-6-14(7-5-13)21-10-2-1-3-17(21)22/h4-7,15-16H,1-3,8-12,19H2,(H,20,23)/t15-,16+/m1/s1. The number of anilines is 1. The van der Waals surface area contributed by atoms with Gasteiger partial charge in [0.1, 0.15) is 6.10 Å². The molecule has 0 aliphatic carbocycles. The molecule has 0 aromatic heterocycles. The Balaban J connectivity index is 1.51. The average molecular weight is 331 g/mol. The van der Waals surface area contributed by atoms with Crippen LogP contribution in [-0.4, -0.2) is 37.1 Å². The van der Waals surface area contributed by atoms with E-state index in [9.17, 15) is 9.59 Å². The Kier molecular flexibility index (Phi) is 5.48. The Hall–Kier alpha value is -1.92. The number of carbonyl (C=O) groups excluding carboxylic acids is 2. The highest BCUT2D eigenvalue weighted by Gasteiger charge is 2.29. The third kappa shape index (κ3) is 3.94. The molecule has 6 nitrogen and oxygen atoms in total. The van der Waals surface area contributed by atoms with Crippen molar-refractivity contribution in [3.63, 3.8) is 0 Å². The summed E-state index contributed by atoms with van der Waals surface area (Å²) in [6, 6.07) is 7.80. The number of rotatable bonds is 5. The van der Waals surface area contributed by atoms with Gasteiger partial charge in [0.2, 0.25) is 11.8 Å². The summed E-state index contributed by atoms with van der Waals surface area (Å²) in [5.41, 5.74) is 7.50. The zero-order valence-electron chi connectivity index (χ0n) is 13.9. The van der Waals surface area contributed by atoms with Crippen LogP contribution in [0.5, 0.6) is 0 Å². The Morgan fingerprint density at radius 2 is 2.04 bits per heavy atom. The van der Waals surface area contributed by atoms with E-state index in [1.165, 1.54) is 0 Å². The van der Waals surface area contributed by atoms with E-state index in [2.05, 4.69) is 5.32 Å². The van der Waals surface area contributed by atoms with E-state index in [1.807, 2.05) is 29.2 Å². The lowest BCUT2D eigenvalue weighted by Crippen LogP contribution is -2.35. The number of piperidine rings is 1. The minimum Gasteiger partial charge on any atom is -0.364 e. The molecule has 0 radical (unpaired) electrons. The lowest BCUT2D eigenvalue weighted by molar-refractivity contribution is -0.132. The number of carbonyl (C=O) groups is 2. The summed E-state index contributed by atoms with van der Waals surface area (Å²) in [6.07, 6.45) is 3.84. The van der Waals surface area contributed by atoms with E-state index in [-0.39, 0.29) is 24.0 Å². The van der Waals surface area contributed by atoms with Gasteiger partial charge in [0, 0.05) is 31.7 Å². The predicted octanol–water partition coefficient (Wildman–Crippen LogP) is 1.33. The third-order valence-corrected chi connectivity index (χ3v) is 4.70. The molecule has 0 spiro atoms. The number of amides is 2. The molecule has 3 N–H and O–H groups in total. The largest absolute Gasteiger partial charge is 0.364 e. The highest BCUT2D eigenvalue weighted by molar-refractivity contribution is 5.93. The van der Waals surface area contributed by atoms with Gasteiger partial charge in [0.15, 0.2) is 0 Å². The summed E-state index contributed by atoms with van der Waals surface area (Å²) in [5, 5.41) is 2.91. The van der Waals surface area contributed by atoms with Crippen LogP contribution in [0.1, 0.15) is 37.7 Å². The Bertz CT molecular complexity index is 588. The summed E-state index contributed by atoms with van der Waals surface area (Å²) < 4.78 is 5.59. The van der Waals surface area contributed by atoms with Crippen molar-refractivity contribution in [2.24, 2.45) is 5.73 Å². The highest BCUT2D eigenvalue weighted by Crippen LogP contribution is 2.22. The summed E-state index contributed by atoms with van der Waals surface area (Å²) in [4.78, 5) is 25.9. The van der Waals surface area contributed by atoms with Crippen molar-refractivity contribution >= 4 is 17.5 Å². The molecule has 3 rings (SSSR count). The summed E-state index contributed by atoms with van der Waals surface area (Å²) in [6.45, 7) is 1.71. The molecule has 1 aromatic rings. The second kappa shape index (κ2) is 7.77. The Labute approximate surface area is 142 Å². The van der Waals surface area contributed by atoms with E-state index >= 15 is 0 Å². The fraction of sp³-hybridized carbons (Fsp3) is 0.556. The molecule has 24 heavy (non-hydrogen) atoms. The van der Waals surface area contributed by atoms with Gasteiger partial charge >= 0.3 is 0 Å². The number of nitrogens with one attached hydrogen (secondary N) is 1. The Morgan fingerprint density at radius 1 is 1.25 bits per heavy atom. The van der Waals surface area contributed by atoms with Crippen LogP contribution in [0.25, 0.3) is 0 Å². The molecule has 0 unspecified atom stereocenters. The van der Waals surface area contributed by atoms with Crippen LogP contribution in [0, 0.1) is 0 Å². The van der Waals surface area contributed by atoms with Crippen molar-refractivity contribution in [3.05, 3.63) is 29.8 Å². The molecule has 0 saturated carbocycles. The molecule has 2 aliphatic rings. The van der Waals surface area contributed by atoms with Crippen LogP contribution in [-0.2, 0) is 20.9 Å². The van der Waals surface area contributed by atoms with E-state index < -0.39 is 0 Å². The Morgan fingerprint density at radius 3 is 2.71 bits per heavy atom. The van der Waals surface area contributed by atoms with Gasteiger partial charge in [-0.2, -0.15) is 0 Å². The topological polar surface area (TPSA) is 84.7 Å². The van der Waals surface area contributed by atoms with Gasteiger partial charge in [-0.1, -0.05) is 12.1 Å². The number of nitrogens with zero attached hydrogens (tertiary/aromatic N) is 1. The minimum atomic E-state index is -0.385. The summed E-state index contributed by atoms with van der Waals surface area (Å²) in [5.74, 6) is 0.108. The summed E-state index contributed by atoms with van der Waals surface area (Å²) >= 11 is 0. The molecule has 2 atom stereocenters. The zero-order valence-corrected chi connectivity index (χ0v) is 13.9. The molecule has 2 saturated heterocycles. The number of benzene rings is 1. The number of nitrogens with two attached hydrogens (primary N) is 1. The second-order valence-electron chi connectivity index (χ2n) is 6.45. The molecule has 130 valence electrons. The van der Waals surface area contributed by atoms with Gasteiger partial charge in [-0.25, -0.2) is 0 Å². The molecule has 2 heterocycles. The van der Waals surface area contributed by atoms with Gasteiger partial charge < -0.3 is 20.7 Å². The number of hydrogen-bond donors (Lipinski definition) is 2. The van der Waals surface area contributed by atoms with Crippen LogP contribution >= 0.6 is 0 Å². The summed E-state index contributed by atoms with van der Waals surface area (Å²) in [7, 11) is 0. The lowest BCUT2D eigenvalue weighted by atomic mass is 10.1. The first-order chi connectivity index (χ1) is 11.7. The predicted molar refractivity (Wildman–Crippen MR) is 91.4 cm³/mol. The number of ether oxygens (including phenoxy) is 1. The molecule has 2 amide bonds. The van der Waals surface area contributed by atoms with E-state index in [1.54, 1.807) is 0 Å². The fourth-order valence-electron chi connectivity index (χ4n) is 3.25. The van der Waals surface area contributed by atoms with Crippen molar-refractivity contribution in [2.75, 3.05) is 18.0 Å². The first kappa shape index (κ1) is 16.9. The van der Waals surface area contributed by atoms with Crippen molar-refractivity contribution in [1.82, 2.24) is 5.32 Å². The van der Waals surface area contributed by atoms with Gasteiger partial charge in [0.25, 0.3) is 0 Å². The van der Waals surface area contributed by atoms with E-state index in [0.717, 1.165) is 43.5 Å². The smallest absolute Gasteiger partial charge is 0.249 e. The minimum absolute atomic E-state index is 0.00196. The van der Waals surface area contributed by atoms with Gasteiger partial charge in [0.05, 0.1) is 6.10 Å². The first-order valence-corrected chi connectivity index (χ1v) is 8.70. The van der Waals surface area contributed by atoms with Crippen molar-refractivity contribution in [3.8, 4) is 0 Å². The van der Waals surface area contributed by atoms with Crippen LogP contribution in [0.2, 0.25) is 0 Å². The normalized spacial score (nSPS) is 24.2. The SMILES string of the molecule is NC[C@H]1CC[C@@H](C(=O)NCc2ccc(N3CCCCC3=O)cc2)O1. The maximum Gasteiger partial charge on any atom is 0.249 e. The number of hydrogen-bond acceptors (Lipinski definition) is 4. The maximum absolute atomic E-state index is 12.1. The molecule has 0 bridgehead atoms. The van der Waals surface area contributed by atoms with Gasteiger partial charge in [-0.3, -0.25) is 9.59 Å². The van der Waals surface area contributed by atoms with Crippen LogP contribution in [0.15, 0.2) is 24.3 Å². The van der Waals surface area contributed by atoms with Gasteiger partial charge in [-0.05, 0) is 43.4 Å². The first-order valence-electron chi connectivity index (χ1n) is 8.70. The van der Waals surface area contributed by atoms with Crippen molar-refractivity contribution in [1.29, 1.82) is 0 Å². The lowest BCUT2D eigenvalue weighted by Gasteiger charge is -2.26. The maximum atomic E-state index is 12.1. The van der Waals surface area contributed by atoms with Crippen molar-refractivity contribution < 1.29 is 14.3 Å². The van der Waals surface area contributed by atoms with E-state index in [0.29, 0.717) is 19.5 Å². The van der Waals surface area contributed by atoms with Crippen molar-refractivity contribution in [2.45, 2.75) is 50.9 Å². The molecule has 1 aromatic carbocycles. The second-order valence-corrected chi connectivity index (χ2v) is 6.45. The quantitative estimate of drug-likeness (QED) is 0.852.